The zero-order valence-corrected chi connectivity index (χ0v) is 10.8. The molecule has 16 heavy (non-hydrogen) atoms. The van der Waals surface area contributed by atoms with E-state index in [-0.39, 0.29) is 0 Å². The average molecular weight is 225 g/mol. The molecule has 0 aromatic rings. The smallest absolute Gasteiger partial charge is 0.0474 e. The lowest BCUT2D eigenvalue weighted by Gasteiger charge is -2.33. The van der Waals surface area contributed by atoms with E-state index < -0.39 is 0 Å². The molecule has 0 aromatic carbocycles. The Balaban J connectivity index is 1.84. The van der Waals surface area contributed by atoms with Gasteiger partial charge in [-0.1, -0.05) is 26.7 Å². The lowest BCUT2D eigenvalue weighted by molar-refractivity contribution is 0.145. The van der Waals surface area contributed by atoms with Crippen molar-refractivity contribution < 1.29 is 5.11 Å². The van der Waals surface area contributed by atoms with Crippen molar-refractivity contribution in [3.8, 4) is 0 Å². The summed E-state index contributed by atoms with van der Waals surface area (Å²) in [4.78, 5) is 0. The summed E-state index contributed by atoms with van der Waals surface area (Å²) in [6.45, 7) is 5.12. The van der Waals surface area contributed by atoms with E-state index in [9.17, 15) is 5.11 Å². The standard InChI is InChI=1S/C14H27NO/c1-14(2)8-7-12(9-14)15-13-6-4-3-5-11(13)10-16/h11-13,15-16H,3-10H2,1-2H3. The third kappa shape index (κ3) is 2.98. The zero-order valence-electron chi connectivity index (χ0n) is 10.8. The van der Waals surface area contributed by atoms with Gasteiger partial charge in [0, 0.05) is 18.7 Å². The molecule has 2 aliphatic carbocycles. The molecule has 0 aliphatic heterocycles. The van der Waals surface area contributed by atoms with Crippen molar-refractivity contribution in [1.29, 1.82) is 0 Å². The highest BCUT2D eigenvalue weighted by atomic mass is 16.3. The van der Waals surface area contributed by atoms with Crippen molar-refractivity contribution >= 4 is 0 Å². The monoisotopic (exact) mass is 225 g/mol. The molecule has 2 fully saturated rings. The van der Waals surface area contributed by atoms with Crippen LogP contribution in [0.2, 0.25) is 0 Å². The number of hydrogen-bond donors (Lipinski definition) is 2. The Bertz CT molecular complexity index is 227. The highest BCUT2D eigenvalue weighted by Crippen LogP contribution is 2.38. The number of aliphatic hydroxyl groups excluding tert-OH is 1. The summed E-state index contributed by atoms with van der Waals surface area (Å²) >= 11 is 0. The van der Waals surface area contributed by atoms with Crippen LogP contribution in [-0.2, 0) is 0 Å². The first-order valence-corrected chi connectivity index (χ1v) is 6.98. The molecule has 0 spiro atoms. The topological polar surface area (TPSA) is 32.3 Å². The van der Waals surface area contributed by atoms with Gasteiger partial charge in [-0.2, -0.15) is 0 Å². The first-order valence-electron chi connectivity index (χ1n) is 6.98. The molecule has 0 bridgehead atoms. The first-order chi connectivity index (χ1) is 7.61. The first kappa shape index (κ1) is 12.4. The third-order valence-corrected chi connectivity index (χ3v) is 4.56. The van der Waals surface area contributed by atoms with Crippen molar-refractivity contribution in [1.82, 2.24) is 5.32 Å². The van der Waals surface area contributed by atoms with Gasteiger partial charge in [0.15, 0.2) is 0 Å². The molecule has 0 saturated heterocycles. The lowest BCUT2D eigenvalue weighted by atomic mass is 9.84. The van der Waals surface area contributed by atoms with E-state index in [2.05, 4.69) is 19.2 Å². The fourth-order valence-electron chi connectivity index (χ4n) is 3.53. The maximum Gasteiger partial charge on any atom is 0.0474 e. The van der Waals surface area contributed by atoms with Crippen LogP contribution in [0.25, 0.3) is 0 Å². The molecule has 3 unspecified atom stereocenters. The number of nitrogens with one attached hydrogen (secondary N) is 1. The van der Waals surface area contributed by atoms with Crippen LogP contribution in [-0.4, -0.2) is 23.8 Å². The molecule has 3 atom stereocenters. The summed E-state index contributed by atoms with van der Waals surface area (Å²) < 4.78 is 0. The van der Waals surface area contributed by atoms with Gasteiger partial charge in [-0.25, -0.2) is 0 Å². The minimum Gasteiger partial charge on any atom is -0.396 e. The Kier molecular flexibility index (Phi) is 3.91. The second kappa shape index (κ2) is 5.05. The minimum atomic E-state index is 0.369. The van der Waals surface area contributed by atoms with Gasteiger partial charge in [-0.15, -0.1) is 0 Å². The van der Waals surface area contributed by atoms with E-state index in [1.807, 2.05) is 0 Å². The molecule has 94 valence electrons. The molecule has 2 saturated carbocycles. The Morgan fingerprint density at radius 1 is 1.19 bits per heavy atom. The summed E-state index contributed by atoms with van der Waals surface area (Å²) in [5, 5.41) is 13.2. The van der Waals surface area contributed by atoms with Gasteiger partial charge in [-0.3, -0.25) is 0 Å². The molecule has 2 rings (SSSR count). The quantitative estimate of drug-likeness (QED) is 0.774. The highest BCUT2D eigenvalue weighted by molar-refractivity contribution is 4.90. The zero-order chi connectivity index (χ0) is 11.6. The Morgan fingerprint density at radius 3 is 2.56 bits per heavy atom. The molecule has 2 aliphatic rings. The van der Waals surface area contributed by atoms with Crippen LogP contribution in [0.4, 0.5) is 0 Å². The Hall–Kier alpha value is -0.0800. The summed E-state index contributed by atoms with van der Waals surface area (Å²) in [5.74, 6) is 0.512. The maximum absolute atomic E-state index is 9.40. The summed E-state index contributed by atoms with van der Waals surface area (Å²) in [7, 11) is 0. The van der Waals surface area contributed by atoms with Gasteiger partial charge in [0.05, 0.1) is 0 Å². The summed E-state index contributed by atoms with van der Waals surface area (Å²) in [5.41, 5.74) is 0.529. The molecule has 0 aromatic heterocycles. The van der Waals surface area contributed by atoms with Gasteiger partial charge < -0.3 is 10.4 Å². The fourth-order valence-corrected chi connectivity index (χ4v) is 3.53. The van der Waals surface area contributed by atoms with Gasteiger partial charge in [0.1, 0.15) is 0 Å². The predicted molar refractivity (Wildman–Crippen MR) is 67.4 cm³/mol. The van der Waals surface area contributed by atoms with Crippen LogP contribution in [0.5, 0.6) is 0 Å². The van der Waals surface area contributed by atoms with Crippen LogP contribution < -0.4 is 5.32 Å². The summed E-state index contributed by atoms with van der Waals surface area (Å²) in [6, 6.07) is 1.28. The summed E-state index contributed by atoms with van der Waals surface area (Å²) in [6.07, 6.45) is 9.10. The van der Waals surface area contributed by atoms with Crippen LogP contribution in [0.1, 0.15) is 58.8 Å². The van der Waals surface area contributed by atoms with E-state index in [1.165, 1.54) is 44.9 Å². The van der Waals surface area contributed by atoms with Gasteiger partial charge in [0.25, 0.3) is 0 Å². The van der Waals surface area contributed by atoms with E-state index in [0.29, 0.717) is 30.0 Å². The largest absolute Gasteiger partial charge is 0.396 e. The van der Waals surface area contributed by atoms with Gasteiger partial charge in [-0.05, 0) is 43.4 Å². The highest BCUT2D eigenvalue weighted by Gasteiger charge is 2.34. The normalized spacial score (nSPS) is 38.8. The van der Waals surface area contributed by atoms with Crippen LogP contribution in [0.15, 0.2) is 0 Å². The Morgan fingerprint density at radius 2 is 1.94 bits per heavy atom. The van der Waals surface area contributed by atoms with Crippen LogP contribution in [0, 0.1) is 11.3 Å². The molecular formula is C14H27NO. The number of hydrogen-bond acceptors (Lipinski definition) is 2. The van der Waals surface area contributed by atoms with Crippen LogP contribution in [0.3, 0.4) is 0 Å². The SMILES string of the molecule is CC1(C)CCC(NC2CCCCC2CO)C1. The fraction of sp³-hybridized carbons (Fsp3) is 1.00. The lowest BCUT2D eigenvalue weighted by Crippen LogP contribution is -2.44. The predicted octanol–water partition coefficient (Wildman–Crippen LogP) is 2.71. The molecular weight excluding hydrogens is 198 g/mol. The molecule has 2 heteroatoms. The van der Waals surface area contributed by atoms with E-state index >= 15 is 0 Å². The average Bonchev–Trinajstić information content (AvgIpc) is 2.59. The molecule has 2 N–H and O–H groups in total. The van der Waals surface area contributed by atoms with Crippen molar-refractivity contribution in [3.63, 3.8) is 0 Å². The molecule has 2 nitrogen and oxygen atoms in total. The van der Waals surface area contributed by atoms with E-state index in [1.54, 1.807) is 0 Å². The number of rotatable bonds is 3. The van der Waals surface area contributed by atoms with Crippen molar-refractivity contribution in [2.75, 3.05) is 6.61 Å². The molecule has 0 radical (unpaired) electrons. The van der Waals surface area contributed by atoms with Crippen molar-refractivity contribution in [2.45, 2.75) is 70.9 Å². The molecule has 0 heterocycles. The maximum atomic E-state index is 9.40. The van der Waals surface area contributed by atoms with Crippen molar-refractivity contribution in [2.24, 2.45) is 11.3 Å². The van der Waals surface area contributed by atoms with E-state index in [0.717, 1.165) is 0 Å². The van der Waals surface area contributed by atoms with Gasteiger partial charge in [0.2, 0.25) is 0 Å². The third-order valence-electron chi connectivity index (χ3n) is 4.56. The van der Waals surface area contributed by atoms with E-state index in [4.69, 9.17) is 0 Å². The second-order valence-electron chi connectivity index (χ2n) is 6.60. The van der Waals surface area contributed by atoms with Gasteiger partial charge >= 0.3 is 0 Å². The second-order valence-corrected chi connectivity index (χ2v) is 6.60. The molecule has 0 amide bonds. The van der Waals surface area contributed by atoms with Crippen LogP contribution >= 0.6 is 0 Å². The minimum absolute atomic E-state index is 0.369. The Labute approximate surface area is 99.8 Å². The number of aliphatic hydroxyl groups is 1. The van der Waals surface area contributed by atoms with Crippen molar-refractivity contribution in [3.05, 3.63) is 0 Å².